The van der Waals surface area contributed by atoms with Gasteiger partial charge in [0, 0.05) is 5.56 Å². The summed E-state index contributed by atoms with van der Waals surface area (Å²) in [6.07, 6.45) is -0.830. The lowest BCUT2D eigenvalue weighted by Crippen LogP contribution is -2.47. The summed E-state index contributed by atoms with van der Waals surface area (Å²) >= 11 is 0. The van der Waals surface area contributed by atoms with Gasteiger partial charge in [-0.25, -0.2) is 4.39 Å². The first kappa shape index (κ1) is 19.2. The number of methoxy groups -OCH3 is 1. The second-order valence-corrected chi connectivity index (χ2v) is 5.75. The first-order valence-electron chi connectivity index (χ1n) is 8.00. The van der Waals surface area contributed by atoms with Crippen LogP contribution in [0, 0.1) is 19.7 Å². The molecule has 2 rings (SSSR count). The number of carbonyl (C=O) groups excluding carboxylic acids is 2. The van der Waals surface area contributed by atoms with Crippen molar-refractivity contribution >= 4 is 11.8 Å². The average Bonchev–Trinajstić information content (AvgIpc) is 2.63. The summed E-state index contributed by atoms with van der Waals surface area (Å²) in [5, 5.41) is 0. The average molecular weight is 360 g/mol. The Balaban J connectivity index is 1.94. The fourth-order valence-corrected chi connectivity index (χ4v) is 2.20. The molecule has 2 amide bonds. The highest BCUT2D eigenvalue weighted by molar-refractivity contribution is 5.95. The SMILES string of the molecule is COc1ccc(C(=O)NNC(=O)[C@@H](C)Oc2cccc(C)c2C)cc1F. The lowest BCUT2D eigenvalue weighted by atomic mass is 10.1. The van der Waals surface area contributed by atoms with Crippen LogP contribution in [0.15, 0.2) is 36.4 Å². The summed E-state index contributed by atoms with van der Waals surface area (Å²) in [4.78, 5) is 24.1. The smallest absolute Gasteiger partial charge is 0.279 e. The van der Waals surface area contributed by atoms with E-state index in [1.807, 2.05) is 26.0 Å². The first-order chi connectivity index (χ1) is 12.3. The van der Waals surface area contributed by atoms with Crippen molar-refractivity contribution in [3.63, 3.8) is 0 Å². The van der Waals surface area contributed by atoms with Crippen LogP contribution in [-0.4, -0.2) is 25.0 Å². The molecule has 0 saturated heterocycles. The monoisotopic (exact) mass is 360 g/mol. The minimum Gasteiger partial charge on any atom is -0.494 e. The standard InChI is InChI=1S/C19H21FN2O4/c1-11-6-5-7-16(12(11)2)26-13(3)18(23)21-22-19(24)14-8-9-17(25-4)15(20)10-14/h5-10,13H,1-4H3,(H,21,23)(H,22,24)/t13-/m1/s1. The highest BCUT2D eigenvalue weighted by atomic mass is 19.1. The minimum atomic E-state index is -0.830. The van der Waals surface area contributed by atoms with E-state index in [1.54, 1.807) is 13.0 Å². The number of benzene rings is 2. The number of hydrogen-bond acceptors (Lipinski definition) is 4. The third-order valence-corrected chi connectivity index (χ3v) is 3.94. The Morgan fingerprint density at radius 3 is 2.46 bits per heavy atom. The topological polar surface area (TPSA) is 76.7 Å². The summed E-state index contributed by atoms with van der Waals surface area (Å²) in [7, 11) is 1.33. The summed E-state index contributed by atoms with van der Waals surface area (Å²) < 4.78 is 24.1. The molecule has 0 aliphatic heterocycles. The van der Waals surface area contributed by atoms with Gasteiger partial charge < -0.3 is 9.47 Å². The van der Waals surface area contributed by atoms with Gasteiger partial charge in [0.15, 0.2) is 17.7 Å². The van der Waals surface area contributed by atoms with Crippen molar-refractivity contribution in [2.75, 3.05) is 7.11 Å². The van der Waals surface area contributed by atoms with Crippen molar-refractivity contribution in [2.45, 2.75) is 26.9 Å². The van der Waals surface area contributed by atoms with Gasteiger partial charge in [-0.3, -0.25) is 20.4 Å². The molecule has 138 valence electrons. The van der Waals surface area contributed by atoms with Gasteiger partial charge in [-0.1, -0.05) is 12.1 Å². The highest BCUT2D eigenvalue weighted by Gasteiger charge is 2.17. The van der Waals surface area contributed by atoms with Crippen molar-refractivity contribution in [3.8, 4) is 11.5 Å². The van der Waals surface area contributed by atoms with Crippen LogP contribution >= 0.6 is 0 Å². The van der Waals surface area contributed by atoms with E-state index in [4.69, 9.17) is 9.47 Å². The molecule has 0 unspecified atom stereocenters. The fourth-order valence-electron chi connectivity index (χ4n) is 2.20. The molecule has 0 bridgehead atoms. The van der Waals surface area contributed by atoms with Crippen molar-refractivity contribution in [3.05, 3.63) is 58.9 Å². The second-order valence-electron chi connectivity index (χ2n) is 5.75. The van der Waals surface area contributed by atoms with Gasteiger partial charge in [-0.2, -0.15) is 0 Å². The number of amides is 2. The molecule has 26 heavy (non-hydrogen) atoms. The van der Waals surface area contributed by atoms with Crippen LogP contribution in [0.1, 0.15) is 28.4 Å². The molecule has 0 aliphatic rings. The molecule has 0 aliphatic carbocycles. The molecule has 0 fully saturated rings. The summed E-state index contributed by atoms with van der Waals surface area (Å²) in [6.45, 7) is 5.41. The second kappa shape index (κ2) is 8.33. The van der Waals surface area contributed by atoms with Crippen LogP contribution in [-0.2, 0) is 4.79 Å². The van der Waals surface area contributed by atoms with E-state index < -0.39 is 23.7 Å². The van der Waals surface area contributed by atoms with E-state index in [1.165, 1.54) is 19.2 Å². The van der Waals surface area contributed by atoms with Crippen molar-refractivity contribution in [1.82, 2.24) is 10.9 Å². The first-order valence-corrected chi connectivity index (χ1v) is 8.00. The Bertz CT molecular complexity index is 823. The van der Waals surface area contributed by atoms with Gasteiger partial charge in [0.25, 0.3) is 11.8 Å². The molecule has 0 aromatic heterocycles. The van der Waals surface area contributed by atoms with Crippen molar-refractivity contribution in [1.29, 1.82) is 0 Å². The van der Waals surface area contributed by atoms with Crippen LogP contribution in [0.25, 0.3) is 0 Å². The van der Waals surface area contributed by atoms with Crippen LogP contribution < -0.4 is 20.3 Å². The maximum Gasteiger partial charge on any atom is 0.279 e. The van der Waals surface area contributed by atoms with Gasteiger partial charge in [-0.15, -0.1) is 0 Å². The Morgan fingerprint density at radius 1 is 1.08 bits per heavy atom. The molecule has 0 heterocycles. The van der Waals surface area contributed by atoms with Crippen molar-refractivity contribution in [2.24, 2.45) is 0 Å². The third kappa shape index (κ3) is 4.50. The number of hydrazine groups is 1. The number of carbonyl (C=O) groups is 2. The van der Waals surface area contributed by atoms with Crippen LogP contribution in [0.4, 0.5) is 4.39 Å². The molecule has 0 saturated carbocycles. The highest BCUT2D eigenvalue weighted by Crippen LogP contribution is 2.21. The van der Waals surface area contributed by atoms with Gasteiger partial charge in [0.1, 0.15) is 5.75 Å². The zero-order valence-corrected chi connectivity index (χ0v) is 15.1. The molecule has 0 radical (unpaired) electrons. The van der Waals surface area contributed by atoms with Gasteiger partial charge in [0.2, 0.25) is 0 Å². The van der Waals surface area contributed by atoms with E-state index in [2.05, 4.69) is 10.9 Å². The van der Waals surface area contributed by atoms with Gasteiger partial charge >= 0.3 is 0 Å². The predicted molar refractivity (Wildman–Crippen MR) is 94.6 cm³/mol. The number of ether oxygens (including phenoxy) is 2. The Morgan fingerprint density at radius 2 is 1.81 bits per heavy atom. The van der Waals surface area contributed by atoms with Crippen LogP contribution in [0.3, 0.4) is 0 Å². The molecule has 0 spiro atoms. The maximum atomic E-state index is 13.6. The fraction of sp³-hybridized carbons (Fsp3) is 0.263. The normalized spacial score (nSPS) is 11.4. The summed E-state index contributed by atoms with van der Waals surface area (Å²) in [5.41, 5.74) is 6.53. The molecule has 2 N–H and O–H groups in total. The van der Waals surface area contributed by atoms with E-state index >= 15 is 0 Å². The lowest BCUT2D eigenvalue weighted by Gasteiger charge is -2.17. The number of rotatable bonds is 5. The molecular formula is C19H21FN2O4. The number of nitrogens with one attached hydrogen (secondary N) is 2. The molecule has 7 heteroatoms. The predicted octanol–water partition coefficient (Wildman–Crippen LogP) is 2.68. The summed E-state index contributed by atoms with van der Waals surface area (Å²) in [6, 6.07) is 9.29. The zero-order chi connectivity index (χ0) is 19.3. The van der Waals surface area contributed by atoms with Crippen LogP contribution in [0.5, 0.6) is 11.5 Å². The van der Waals surface area contributed by atoms with Crippen molar-refractivity contribution < 1.29 is 23.5 Å². The quantitative estimate of drug-likeness (QED) is 0.804. The van der Waals surface area contributed by atoms with Crippen LogP contribution in [0.2, 0.25) is 0 Å². The largest absolute Gasteiger partial charge is 0.494 e. The lowest BCUT2D eigenvalue weighted by molar-refractivity contribution is -0.128. The third-order valence-electron chi connectivity index (χ3n) is 3.94. The molecule has 2 aromatic carbocycles. The molecule has 6 nitrogen and oxygen atoms in total. The number of hydrogen-bond donors (Lipinski definition) is 2. The van der Waals surface area contributed by atoms with Gasteiger partial charge in [-0.05, 0) is 56.2 Å². The molecule has 2 aromatic rings. The van der Waals surface area contributed by atoms with E-state index in [-0.39, 0.29) is 11.3 Å². The van der Waals surface area contributed by atoms with Gasteiger partial charge in [0.05, 0.1) is 7.11 Å². The zero-order valence-electron chi connectivity index (χ0n) is 15.1. The summed E-state index contributed by atoms with van der Waals surface area (Å²) in [5.74, 6) is -1.23. The minimum absolute atomic E-state index is 0.0288. The van der Waals surface area contributed by atoms with E-state index in [0.29, 0.717) is 5.75 Å². The number of aryl methyl sites for hydroxylation is 1. The Labute approximate surface area is 151 Å². The van der Waals surface area contributed by atoms with E-state index in [0.717, 1.165) is 17.2 Å². The molecule has 1 atom stereocenters. The van der Waals surface area contributed by atoms with E-state index in [9.17, 15) is 14.0 Å². The number of halogens is 1. The Hall–Kier alpha value is -3.09. The maximum absolute atomic E-state index is 13.6. The molecular weight excluding hydrogens is 339 g/mol. The Kier molecular flexibility index (Phi) is 6.16.